The molecule has 102 valence electrons. The van der Waals surface area contributed by atoms with Crippen LogP contribution < -0.4 is 10.6 Å². The molecule has 2 N–H and O–H groups in total. The number of aromatic nitrogens is 1. The van der Waals surface area contributed by atoms with Gasteiger partial charge in [-0.1, -0.05) is 0 Å². The van der Waals surface area contributed by atoms with E-state index < -0.39 is 0 Å². The number of rotatable bonds is 3. The highest BCUT2D eigenvalue weighted by molar-refractivity contribution is 9.10. The Morgan fingerprint density at radius 2 is 1.80 bits per heavy atom. The Morgan fingerprint density at radius 3 is 2.40 bits per heavy atom. The summed E-state index contributed by atoms with van der Waals surface area (Å²) in [7, 11) is 1.57. The van der Waals surface area contributed by atoms with Gasteiger partial charge in [-0.2, -0.15) is 0 Å². The molecular formula is C14H12BrN3O2. The normalized spacial score (nSPS) is 9.90. The van der Waals surface area contributed by atoms with Crippen molar-refractivity contribution in [1.82, 2.24) is 10.3 Å². The summed E-state index contributed by atoms with van der Waals surface area (Å²) in [6.45, 7) is 0. The topological polar surface area (TPSA) is 71.1 Å². The Morgan fingerprint density at radius 1 is 1.10 bits per heavy atom. The van der Waals surface area contributed by atoms with E-state index in [1.165, 1.54) is 0 Å². The first-order valence-electron chi connectivity index (χ1n) is 5.86. The quantitative estimate of drug-likeness (QED) is 0.847. The van der Waals surface area contributed by atoms with Crippen LogP contribution >= 0.6 is 15.9 Å². The van der Waals surface area contributed by atoms with Crippen LogP contribution in [-0.4, -0.2) is 23.8 Å². The largest absolute Gasteiger partial charge is 0.355 e. The molecule has 0 radical (unpaired) electrons. The second-order valence-corrected chi connectivity index (χ2v) is 4.70. The van der Waals surface area contributed by atoms with E-state index in [2.05, 4.69) is 31.5 Å². The zero-order valence-corrected chi connectivity index (χ0v) is 12.3. The number of hydrogen-bond donors (Lipinski definition) is 2. The van der Waals surface area contributed by atoms with Crippen LogP contribution in [0.5, 0.6) is 0 Å². The molecule has 0 atom stereocenters. The summed E-state index contributed by atoms with van der Waals surface area (Å²) in [4.78, 5) is 27.4. The lowest BCUT2D eigenvalue weighted by molar-refractivity contribution is 0.0962. The van der Waals surface area contributed by atoms with Crippen molar-refractivity contribution >= 4 is 33.4 Å². The van der Waals surface area contributed by atoms with Gasteiger partial charge in [0, 0.05) is 24.5 Å². The molecule has 0 saturated carbocycles. The van der Waals surface area contributed by atoms with E-state index in [1.54, 1.807) is 49.6 Å². The minimum Gasteiger partial charge on any atom is -0.355 e. The molecule has 6 heteroatoms. The van der Waals surface area contributed by atoms with Crippen LogP contribution in [0.15, 0.2) is 47.2 Å². The van der Waals surface area contributed by atoms with E-state index in [0.717, 1.165) is 0 Å². The maximum absolute atomic E-state index is 12.0. The van der Waals surface area contributed by atoms with Crippen LogP contribution in [0.1, 0.15) is 20.7 Å². The standard InChI is InChI=1S/C14H12BrN3O2/c1-16-13(19)9-4-6-10(7-5-9)18-14(20)11-3-2-8-17-12(11)15/h2-8H,1H3,(H,16,19)(H,18,20). The Labute approximate surface area is 124 Å². The van der Waals surface area contributed by atoms with Crippen molar-refractivity contribution < 1.29 is 9.59 Å². The first-order chi connectivity index (χ1) is 9.61. The van der Waals surface area contributed by atoms with Crippen molar-refractivity contribution in [3.05, 3.63) is 58.3 Å². The van der Waals surface area contributed by atoms with Gasteiger partial charge in [0.15, 0.2) is 0 Å². The van der Waals surface area contributed by atoms with Gasteiger partial charge in [0.1, 0.15) is 4.60 Å². The van der Waals surface area contributed by atoms with Crippen molar-refractivity contribution in [2.45, 2.75) is 0 Å². The number of carbonyl (C=O) groups is 2. The summed E-state index contributed by atoms with van der Waals surface area (Å²) in [5.41, 5.74) is 1.59. The minimum atomic E-state index is -0.266. The number of benzene rings is 1. The van der Waals surface area contributed by atoms with Crippen molar-refractivity contribution in [1.29, 1.82) is 0 Å². The summed E-state index contributed by atoms with van der Waals surface area (Å²) in [5.74, 6) is -0.435. The van der Waals surface area contributed by atoms with E-state index >= 15 is 0 Å². The van der Waals surface area contributed by atoms with E-state index in [9.17, 15) is 9.59 Å². The highest BCUT2D eigenvalue weighted by Gasteiger charge is 2.10. The molecule has 0 aliphatic heterocycles. The third-order valence-electron chi connectivity index (χ3n) is 2.64. The molecule has 2 amide bonds. The second kappa shape index (κ2) is 6.29. The van der Waals surface area contributed by atoms with Crippen molar-refractivity contribution in [2.24, 2.45) is 0 Å². The molecule has 2 rings (SSSR count). The van der Waals surface area contributed by atoms with Crippen LogP contribution in [0, 0.1) is 0 Å². The molecule has 20 heavy (non-hydrogen) atoms. The second-order valence-electron chi connectivity index (χ2n) is 3.95. The lowest BCUT2D eigenvalue weighted by Gasteiger charge is -2.07. The molecule has 0 saturated heterocycles. The third kappa shape index (κ3) is 3.21. The Balaban J connectivity index is 2.13. The number of hydrogen-bond acceptors (Lipinski definition) is 3. The summed E-state index contributed by atoms with van der Waals surface area (Å²) < 4.78 is 0.486. The maximum Gasteiger partial charge on any atom is 0.258 e. The molecule has 0 unspecified atom stereocenters. The zero-order valence-electron chi connectivity index (χ0n) is 10.7. The number of nitrogens with zero attached hydrogens (tertiary/aromatic N) is 1. The summed E-state index contributed by atoms with van der Waals surface area (Å²) >= 11 is 3.23. The predicted molar refractivity (Wildman–Crippen MR) is 79.7 cm³/mol. The number of carbonyl (C=O) groups excluding carboxylic acids is 2. The van der Waals surface area contributed by atoms with Gasteiger partial charge in [-0.25, -0.2) is 4.98 Å². The molecule has 0 spiro atoms. The number of nitrogens with one attached hydrogen (secondary N) is 2. The first kappa shape index (κ1) is 14.2. The van der Waals surface area contributed by atoms with E-state index in [4.69, 9.17) is 0 Å². The molecule has 0 aliphatic carbocycles. The number of amides is 2. The number of anilines is 1. The lowest BCUT2D eigenvalue weighted by Crippen LogP contribution is -2.18. The highest BCUT2D eigenvalue weighted by atomic mass is 79.9. The maximum atomic E-state index is 12.0. The summed E-state index contributed by atoms with van der Waals surface area (Å²) in [6.07, 6.45) is 1.60. The summed E-state index contributed by atoms with van der Waals surface area (Å²) in [5, 5.41) is 5.28. The van der Waals surface area contributed by atoms with Crippen molar-refractivity contribution in [2.75, 3.05) is 12.4 Å². The first-order valence-corrected chi connectivity index (χ1v) is 6.65. The van der Waals surface area contributed by atoms with Crippen LogP contribution in [0.2, 0.25) is 0 Å². The van der Waals surface area contributed by atoms with Gasteiger partial charge in [-0.15, -0.1) is 0 Å². The van der Waals surface area contributed by atoms with Gasteiger partial charge in [0.2, 0.25) is 0 Å². The van der Waals surface area contributed by atoms with Gasteiger partial charge in [0.05, 0.1) is 5.56 Å². The predicted octanol–water partition coefficient (Wildman–Crippen LogP) is 2.46. The molecule has 2 aromatic rings. The molecule has 0 bridgehead atoms. The summed E-state index contributed by atoms with van der Waals surface area (Å²) in [6, 6.07) is 10.00. The van der Waals surface area contributed by atoms with Crippen LogP contribution in [0.3, 0.4) is 0 Å². The van der Waals surface area contributed by atoms with E-state index in [1.807, 2.05) is 0 Å². The molecule has 1 heterocycles. The monoisotopic (exact) mass is 333 g/mol. The van der Waals surface area contributed by atoms with Gasteiger partial charge < -0.3 is 10.6 Å². The Hall–Kier alpha value is -2.21. The fourth-order valence-electron chi connectivity index (χ4n) is 1.60. The fourth-order valence-corrected chi connectivity index (χ4v) is 2.03. The highest BCUT2D eigenvalue weighted by Crippen LogP contribution is 2.16. The van der Waals surface area contributed by atoms with E-state index in [0.29, 0.717) is 21.4 Å². The third-order valence-corrected chi connectivity index (χ3v) is 3.27. The molecular weight excluding hydrogens is 322 g/mol. The van der Waals surface area contributed by atoms with Gasteiger partial charge in [-0.05, 0) is 52.3 Å². The Bertz CT molecular complexity index is 641. The van der Waals surface area contributed by atoms with Crippen LogP contribution in [-0.2, 0) is 0 Å². The van der Waals surface area contributed by atoms with Crippen LogP contribution in [0.25, 0.3) is 0 Å². The lowest BCUT2D eigenvalue weighted by atomic mass is 10.2. The molecule has 0 aliphatic rings. The van der Waals surface area contributed by atoms with E-state index in [-0.39, 0.29) is 11.8 Å². The number of halogens is 1. The molecule has 5 nitrogen and oxygen atoms in total. The van der Waals surface area contributed by atoms with Gasteiger partial charge >= 0.3 is 0 Å². The average molecular weight is 334 g/mol. The van der Waals surface area contributed by atoms with Gasteiger partial charge in [0.25, 0.3) is 11.8 Å². The zero-order chi connectivity index (χ0) is 14.5. The number of pyridine rings is 1. The molecule has 1 aromatic carbocycles. The van der Waals surface area contributed by atoms with Gasteiger partial charge in [-0.3, -0.25) is 9.59 Å². The molecule has 0 fully saturated rings. The van der Waals surface area contributed by atoms with Crippen LogP contribution in [0.4, 0.5) is 5.69 Å². The average Bonchev–Trinajstić information content (AvgIpc) is 2.47. The fraction of sp³-hybridized carbons (Fsp3) is 0.0714. The SMILES string of the molecule is CNC(=O)c1ccc(NC(=O)c2cccnc2Br)cc1. The Kier molecular flexibility index (Phi) is 4.47. The molecule has 1 aromatic heterocycles. The van der Waals surface area contributed by atoms with Crippen molar-refractivity contribution in [3.8, 4) is 0 Å². The van der Waals surface area contributed by atoms with Crippen molar-refractivity contribution in [3.63, 3.8) is 0 Å². The smallest absolute Gasteiger partial charge is 0.258 e. The minimum absolute atomic E-state index is 0.169.